The predicted molar refractivity (Wildman–Crippen MR) is 69.8 cm³/mol. The highest BCUT2D eigenvalue weighted by Gasteiger charge is 2.27. The fourth-order valence-electron chi connectivity index (χ4n) is 2.54. The van der Waals surface area contributed by atoms with Crippen molar-refractivity contribution >= 4 is 5.69 Å². The average molecular weight is 272 g/mol. The number of hydrogen-bond donors (Lipinski definition) is 1. The van der Waals surface area contributed by atoms with Crippen molar-refractivity contribution in [2.24, 2.45) is 0 Å². The van der Waals surface area contributed by atoms with Crippen LogP contribution in [-0.4, -0.2) is 25.2 Å². The summed E-state index contributed by atoms with van der Waals surface area (Å²) in [5, 5.41) is 3.38. The van der Waals surface area contributed by atoms with Crippen molar-refractivity contribution in [2.45, 2.75) is 38.8 Å². The highest BCUT2D eigenvalue weighted by Crippen LogP contribution is 2.26. The Morgan fingerprint density at radius 2 is 1.89 bits per heavy atom. The normalized spacial score (nSPS) is 23.7. The van der Waals surface area contributed by atoms with Gasteiger partial charge in [0.05, 0.1) is 5.69 Å². The van der Waals surface area contributed by atoms with Gasteiger partial charge in [-0.2, -0.15) is 0 Å². The van der Waals surface area contributed by atoms with Crippen molar-refractivity contribution in [3.63, 3.8) is 0 Å². The summed E-state index contributed by atoms with van der Waals surface area (Å²) in [6, 6.07) is 1.88. The molecule has 0 aromatic heterocycles. The molecule has 2 unspecified atom stereocenters. The van der Waals surface area contributed by atoms with Gasteiger partial charge in [0.1, 0.15) is 5.82 Å². The fourth-order valence-corrected chi connectivity index (χ4v) is 2.54. The van der Waals surface area contributed by atoms with Crippen LogP contribution in [0.1, 0.15) is 26.7 Å². The number of piperazine rings is 1. The summed E-state index contributed by atoms with van der Waals surface area (Å²) in [6.07, 6.45) is 2.01. The van der Waals surface area contributed by atoms with Crippen LogP contribution in [0.2, 0.25) is 0 Å². The van der Waals surface area contributed by atoms with Crippen LogP contribution in [0, 0.1) is 17.5 Å². The zero-order valence-electron chi connectivity index (χ0n) is 11.2. The molecule has 0 saturated carbocycles. The summed E-state index contributed by atoms with van der Waals surface area (Å²) in [5.41, 5.74) is 0.147. The summed E-state index contributed by atoms with van der Waals surface area (Å²) in [6.45, 7) is 5.35. The zero-order valence-corrected chi connectivity index (χ0v) is 11.2. The quantitative estimate of drug-likeness (QED) is 0.851. The molecule has 0 radical (unpaired) electrons. The number of anilines is 1. The first kappa shape index (κ1) is 14.2. The SMILES string of the molecule is CCCC1CN(c2cc(F)c(F)cc2F)C(C)CN1. The molecule has 2 nitrogen and oxygen atoms in total. The molecule has 1 heterocycles. The van der Waals surface area contributed by atoms with Crippen LogP contribution < -0.4 is 10.2 Å². The maximum Gasteiger partial charge on any atom is 0.161 e. The molecule has 0 aliphatic carbocycles. The van der Waals surface area contributed by atoms with Crippen LogP contribution in [0.25, 0.3) is 0 Å². The van der Waals surface area contributed by atoms with Gasteiger partial charge >= 0.3 is 0 Å². The molecule has 0 amide bonds. The largest absolute Gasteiger partial charge is 0.364 e. The summed E-state index contributed by atoms with van der Waals surface area (Å²) in [5.74, 6) is -2.86. The lowest BCUT2D eigenvalue weighted by Crippen LogP contribution is -2.55. The van der Waals surface area contributed by atoms with E-state index in [0.717, 1.165) is 18.9 Å². The standard InChI is InChI=1S/C14H19F3N2/c1-3-4-10-8-19(9(2)7-18-10)14-6-12(16)11(15)5-13(14)17/h5-6,9-10,18H,3-4,7-8H2,1-2H3. The number of hydrogen-bond acceptors (Lipinski definition) is 2. The van der Waals surface area contributed by atoms with Gasteiger partial charge in [-0.3, -0.25) is 0 Å². The molecule has 1 aromatic carbocycles. The minimum absolute atomic E-state index is 0.0486. The minimum Gasteiger partial charge on any atom is -0.364 e. The van der Waals surface area contributed by atoms with Crippen molar-refractivity contribution < 1.29 is 13.2 Å². The first-order valence-corrected chi connectivity index (χ1v) is 6.67. The number of rotatable bonds is 3. The molecule has 0 bridgehead atoms. The maximum atomic E-state index is 13.8. The van der Waals surface area contributed by atoms with Gasteiger partial charge < -0.3 is 10.2 Å². The van der Waals surface area contributed by atoms with Crippen molar-refractivity contribution in [3.05, 3.63) is 29.6 Å². The van der Waals surface area contributed by atoms with Crippen LogP contribution in [0.5, 0.6) is 0 Å². The minimum atomic E-state index is -1.14. The second-order valence-corrected chi connectivity index (χ2v) is 5.11. The Labute approximate surface area is 111 Å². The van der Waals surface area contributed by atoms with Gasteiger partial charge in [-0.25, -0.2) is 13.2 Å². The summed E-state index contributed by atoms with van der Waals surface area (Å²) in [7, 11) is 0. The molecule has 2 atom stereocenters. The summed E-state index contributed by atoms with van der Waals surface area (Å²) >= 11 is 0. The smallest absolute Gasteiger partial charge is 0.161 e. The fraction of sp³-hybridized carbons (Fsp3) is 0.571. The lowest BCUT2D eigenvalue weighted by molar-refractivity contribution is 0.381. The Hall–Kier alpha value is -1.23. The molecule has 1 aromatic rings. The Morgan fingerprint density at radius 3 is 2.58 bits per heavy atom. The number of halogens is 3. The van der Waals surface area contributed by atoms with E-state index in [-0.39, 0.29) is 17.8 Å². The molecular weight excluding hydrogens is 253 g/mol. The third kappa shape index (κ3) is 3.03. The number of benzene rings is 1. The van der Waals surface area contributed by atoms with Crippen molar-refractivity contribution in [3.8, 4) is 0 Å². The molecule has 1 N–H and O–H groups in total. The van der Waals surface area contributed by atoms with Crippen LogP contribution >= 0.6 is 0 Å². The first-order chi connectivity index (χ1) is 9.02. The Bertz CT molecular complexity index is 451. The van der Waals surface area contributed by atoms with E-state index in [0.29, 0.717) is 19.2 Å². The van der Waals surface area contributed by atoms with Gasteiger partial charge in [0.15, 0.2) is 11.6 Å². The van der Waals surface area contributed by atoms with E-state index in [9.17, 15) is 13.2 Å². The van der Waals surface area contributed by atoms with E-state index < -0.39 is 17.5 Å². The third-order valence-corrected chi connectivity index (χ3v) is 3.59. The van der Waals surface area contributed by atoms with Crippen molar-refractivity contribution in [1.82, 2.24) is 5.32 Å². The lowest BCUT2D eigenvalue weighted by Gasteiger charge is -2.40. The highest BCUT2D eigenvalue weighted by molar-refractivity contribution is 5.50. The Morgan fingerprint density at radius 1 is 1.21 bits per heavy atom. The van der Waals surface area contributed by atoms with E-state index in [2.05, 4.69) is 12.2 Å². The molecule has 1 aliphatic rings. The van der Waals surface area contributed by atoms with Crippen molar-refractivity contribution in [2.75, 3.05) is 18.0 Å². The van der Waals surface area contributed by atoms with E-state index in [1.54, 1.807) is 0 Å². The maximum absolute atomic E-state index is 13.8. The monoisotopic (exact) mass is 272 g/mol. The molecule has 19 heavy (non-hydrogen) atoms. The number of nitrogens with one attached hydrogen (secondary N) is 1. The molecule has 106 valence electrons. The van der Waals surface area contributed by atoms with Gasteiger partial charge in [0.2, 0.25) is 0 Å². The third-order valence-electron chi connectivity index (χ3n) is 3.59. The predicted octanol–water partition coefficient (Wildman–Crippen LogP) is 3.07. The summed E-state index contributed by atoms with van der Waals surface area (Å²) < 4.78 is 40.1. The molecule has 1 aliphatic heterocycles. The molecule has 1 saturated heterocycles. The lowest BCUT2D eigenvalue weighted by atomic mass is 10.0. The first-order valence-electron chi connectivity index (χ1n) is 6.67. The van der Waals surface area contributed by atoms with Gasteiger partial charge in [-0.15, -0.1) is 0 Å². The van der Waals surface area contributed by atoms with E-state index in [4.69, 9.17) is 0 Å². The van der Waals surface area contributed by atoms with E-state index in [1.165, 1.54) is 0 Å². The molecule has 0 spiro atoms. The second kappa shape index (κ2) is 5.82. The Kier molecular flexibility index (Phi) is 4.34. The number of nitrogens with zero attached hydrogens (tertiary/aromatic N) is 1. The van der Waals surface area contributed by atoms with Gasteiger partial charge in [-0.05, 0) is 13.3 Å². The highest BCUT2D eigenvalue weighted by atomic mass is 19.2. The van der Waals surface area contributed by atoms with Gasteiger partial charge in [-0.1, -0.05) is 13.3 Å². The average Bonchev–Trinajstić information content (AvgIpc) is 2.37. The van der Waals surface area contributed by atoms with Crippen molar-refractivity contribution in [1.29, 1.82) is 0 Å². The van der Waals surface area contributed by atoms with Crippen LogP contribution in [0.3, 0.4) is 0 Å². The zero-order chi connectivity index (χ0) is 14.0. The van der Waals surface area contributed by atoms with E-state index in [1.807, 2.05) is 11.8 Å². The molecular formula is C14H19F3N2. The Balaban J connectivity index is 2.25. The second-order valence-electron chi connectivity index (χ2n) is 5.11. The topological polar surface area (TPSA) is 15.3 Å². The van der Waals surface area contributed by atoms with E-state index >= 15 is 0 Å². The molecule has 2 rings (SSSR count). The molecule has 1 fully saturated rings. The van der Waals surface area contributed by atoms with Gasteiger partial charge in [0.25, 0.3) is 0 Å². The van der Waals surface area contributed by atoms with Crippen LogP contribution in [0.4, 0.5) is 18.9 Å². The van der Waals surface area contributed by atoms with Crippen LogP contribution in [-0.2, 0) is 0 Å². The van der Waals surface area contributed by atoms with Crippen LogP contribution in [0.15, 0.2) is 12.1 Å². The molecule has 5 heteroatoms. The summed E-state index contributed by atoms with van der Waals surface area (Å²) in [4.78, 5) is 1.81. The van der Waals surface area contributed by atoms with Gasteiger partial charge in [0, 0.05) is 37.3 Å².